The van der Waals surface area contributed by atoms with Crippen molar-refractivity contribution in [1.82, 2.24) is 0 Å². The van der Waals surface area contributed by atoms with Gasteiger partial charge in [-0.15, -0.1) is 22.2 Å². The molecule has 0 rings (SSSR count). The molecule has 0 N–H and O–H groups in total. The Hall–Kier alpha value is 1.81. The van der Waals surface area contributed by atoms with Crippen molar-refractivity contribution in [3.8, 4) is 0 Å². The second kappa shape index (κ2) is 4.76. The lowest BCUT2D eigenvalue weighted by molar-refractivity contribution is 1.64. The molecule has 0 aromatic rings. The molecule has 0 spiro atoms. The largest absolute Gasteiger partial charge is 0.248 e. The fourth-order valence-corrected chi connectivity index (χ4v) is 31.4. The average Bonchev–Trinajstić information content (AvgIpc) is 1.43. The fourth-order valence-electron chi connectivity index (χ4n) is 1.29. The Bertz CT molecular complexity index is 152. The topological polar surface area (TPSA) is 0 Å². The minimum atomic E-state index is -2.17. The van der Waals surface area contributed by atoms with E-state index in [4.69, 9.17) is 44.3 Å². The molecule has 0 heterocycles. The predicted octanol–water partition coefficient (Wildman–Crippen LogP) is 4.87. The molecule has 0 saturated heterocycles. The molecular formula is C6H16Cl4Si3. The maximum absolute atomic E-state index is 6.31. The van der Waals surface area contributed by atoms with Crippen LogP contribution in [-0.4, -0.2) is 21.5 Å². The van der Waals surface area contributed by atoms with Gasteiger partial charge in [-0.25, -0.2) is 0 Å². The lowest BCUT2D eigenvalue weighted by atomic mass is 11.8. The van der Waals surface area contributed by atoms with E-state index in [0.717, 1.165) is 11.3 Å². The van der Waals surface area contributed by atoms with Crippen molar-refractivity contribution in [2.45, 2.75) is 37.5 Å². The summed E-state index contributed by atoms with van der Waals surface area (Å²) in [6.45, 7) is 6.12. The van der Waals surface area contributed by atoms with Crippen LogP contribution in [0.3, 0.4) is 0 Å². The van der Waals surface area contributed by atoms with E-state index < -0.39 is 21.5 Å². The summed E-state index contributed by atoms with van der Waals surface area (Å²) in [7, 11) is -3.32. The van der Waals surface area contributed by atoms with E-state index >= 15 is 0 Å². The van der Waals surface area contributed by atoms with Crippen LogP contribution in [0.4, 0.5) is 0 Å². The van der Waals surface area contributed by atoms with Gasteiger partial charge in [-0.1, -0.05) is 26.2 Å². The average molecular weight is 314 g/mol. The van der Waals surface area contributed by atoms with Crippen LogP contribution in [0, 0.1) is 0 Å². The highest BCUT2D eigenvalue weighted by Gasteiger charge is 2.41. The predicted molar refractivity (Wildman–Crippen MR) is 73.7 cm³/mol. The van der Waals surface area contributed by atoms with Crippen LogP contribution in [0.2, 0.25) is 37.5 Å². The second-order valence-corrected chi connectivity index (χ2v) is 27.1. The van der Waals surface area contributed by atoms with Gasteiger partial charge in [0.05, 0.1) is 0 Å². The van der Waals surface area contributed by atoms with Crippen molar-refractivity contribution in [3.05, 3.63) is 0 Å². The first-order valence-corrected chi connectivity index (χ1v) is 17.0. The third kappa shape index (κ3) is 10.1. The van der Waals surface area contributed by atoms with Crippen LogP contribution in [-0.2, 0) is 0 Å². The minimum Gasteiger partial charge on any atom is -0.168 e. The van der Waals surface area contributed by atoms with Gasteiger partial charge in [0.1, 0.15) is 14.8 Å². The molecule has 0 unspecified atom stereocenters. The first kappa shape index (κ1) is 14.8. The SMILES string of the molecule is C[Si](C)(Cl)C[Si](Cl)(Cl)C[Si](C)(C)Cl. The van der Waals surface area contributed by atoms with Crippen LogP contribution >= 0.6 is 44.3 Å². The third-order valence-electron chi connectivity index (χ3n) is 1.36. The van der Waals surface area contributed by atoms with Crippen LogP contribution in [0.25, 0.3) is 0 Å². The van der Waals surface area contributed by atoms with Crippen LogP contribution in [0.1, 0.15) is 0 Å². The Morgan fingerprint density at radius 2 is 0.923 bits per heavy atom. The molecule has 0 aromatic heterocycles. The van der Waals surface area contributed by atoms with Gasteiger partial charge in [-0.05, 0) is 11.3 Å². The number of rotatable bonds is 4. The van der Waals surface area contributed by atoms with Crippen molar-refractivity contribution in [2.24, 2.45) is 0 Å². The zero-order chi connectivity index (χ0) is 10.9. The van der Waals surface area contributed by atoms with E-state index in [1.807, 2.05) is 0 Å². The molecule has 0 atom stereocenters. The molecular weight excluding hydrogens is 298 g/mol. The van der Waals surface area contributed by atoms with E-state index in [9.17, 15) is 0 Å². The van der Waals surface area contributed by atoms with Crippen LogP contribution in [0.5, 0.6) is 0 Å². The molecule has 0 amide bonds. The Morgan fingerprint density at radius 3 is 1.08 bits per heavy atom. The first-order chi connectivity index (χ1) is 5.41. The summed E-state index contributed by atoms with van der Waals surface area (Å²) in [5.74, 6) is 0. The summed E-state index contributed by atoms with van der Waals surface area (Å²) in [5, 5.41) is 0. The zero-order valence-corrected chi connectivity index (χ0v) is 14.4. The van der Waals surface area contributed by atoms with E-state index in [1.165, 1.54) is 0 Å². The Balaban J connectivity index is 4.25. The summed E-state index contributed by atoms with van der Waals surface area (Å²) in [4.78, 5) is 0. The van der Waals surface area contributed by atoms with E-state index in [1.54, 1.807) is 0 Å². The monoisotopic (exact) mass is 312 g/mol. The van der Waals surface area contributed by atoms with Gasteiger partial charge in [0, 0.05) is 0 Å². The smallest absolute Gasteiger partial charge is 0.168 e. The molecule has 0 bridgehead atoms. The highest BCUT2D eigenvalue weighted by atomic mass is 35.7. The van der Waals surface area contributed by atoms with Gasteiger partial charge in [0.25, 0.3) is 0 Å². The van der Waals surface area contributed by atoms with Crippen molar-refractivity contribution in [1.29, 1.82) is 0 Å². The summed E-state index contributed by atoms with van der Waals surface area (Å²) in [5.41, 5.74) is 1.65. The van der Waals surface area contributed by atoms with Crippen LogP contribution < -0.4 is 0 Å². The minimum absolute atomic E-state index is 0.827. The standard InChI is InChI=1S/C6H16Cl4Si3/c1-11(2,7)5-13(9,10)6-12(3,4)8/h5-6H2,1-4H3. The Labute approximate surface area is 103 Å². The van der Waals surface area contributed by atoms with Crippen molar-refractivity contribution in [2.75, 3.05) is 0 Å². The molecule has 0 aliphatic heterocycles. The Kier molecular flexibility index (Phi) is 5.43. The quantitative estimate of drug-likeness (QED) is 0.513. The highest BCUT2D eigenvalue weighted by Crippen LogP contribution is 2.36. The molecule has 7 heteroatoms. The molecule has 80 valence electrons. The van der Waals surface area contributed by atoms with Crippen molar-refractivity contribution < 1.29 is 0 Å². The molecule has 13 heavy (non-hydrogen) atoms. The van der Waals surface area contributed by atoms with Gasteiger partial charge in [-0.3, -0.25) is 0 Å². The fraction of sp³-hybridized carbons (Fsp3) is 1.00. The Morgan fingerprint density at radius 1 is 0.692 bits per heavy atom. The van der Waals surface area contributed by atoms with Gasteiger partial charge >= 0.3 is 0 Å². The molecule has 0 nitrogen and oxygen atoms in total. The summed E-state index contributed by atoms with van der Waals surface area (Å²) < 4.78 is 0. The first-order valence-electron chi connectivity index (χ1n) is 4.17. The second-order valence-electron chi connectivity index (χ2n) is 4.65. The number of hydrogen-bond donors (Lipinski definition) is 0. The van der Waals surface area contributed by atoms with Crippen molar-refractivity contribution >= 4 is 65.8 Å². The summed E-state index contributed by atoms with van der Waals surface area (Å²) in [6, 6.07) is 0. The summed E-state index contributed by atoms with van der Waals surface area (Å²) >= 11 is 25.1. The van der Waals surface area contributed by atoms with Crippen molar-refractivity contribution in [3.63, 3.8) is 0 Å². The zero-order valence-electron chi connectivity index (χ0n) is 8.43. The van der Waals surface area contributed by atoms with Gasteiger partial charge < -0.3 is 0 Å². The lowest BCUT2D eigenvalue weighted by Crippen LogP contribution is -2.38. The van der Waals surface area contributed by atoms with Crippen LogP contribution in [0.15, 0.2) is 0 Å². The maximum Gasteiger partial charge on any atom is 0.248 e. The third-order valence-corrected chi connectivity index (χ3v) is 19.4. The summed E-state index contributed by atoms with van der Waals surface area (Å²) in [6.07, 6.45) is 0. The number of hydrogen-bond acceptors (Lipinski definition) is 0. The normalized spacial score (nSPS) is 14.8. The molecule has 0 aliphatic rings. The molecule has 0 radical (unpaired) electrons. The van der Waals surface area contributed by atoms with Gasteiger partial charge in [-0.2, -0.15) is 22.2 Å². The van der Waals surface area contributed by atoms with Gasteiger partial charge in [0.2, 0.25) is 6.69 Å². The van der Waals surface area contributed by atoms with Gasteiger partial charge in [0.15, 0.2) is 0 Å². The molecule has 0 aromatic carbocycles. The maximum atomic E-state index is 6.31. The van der Waals surface area contributed by atoms with E-state index in [2.05, 4.69) is 26.2 Å². The molecule has 0 aliphatic carbocycles. The molecule has 0 fully saturated rings. The van der Waals surface area contributed by atoms with E-state index in [-0.39, 0.29) is 0 Å². The highest BCUT2D eigenvalue weighted by molar-refractivity contribution is 7.53. The molecule has 0 saturated carbocycles. The number of halogens is 4. The lowest BCUT2D eigenvalue weighted by Gasteiger charge is -2.26. The van der Waals surface area contributed by atoms with E-state index in [0.29, 0.717) is 0 Å².